The predicted octanol–water partition coefficient (Wildman–Crippen LogP) is 3.03. The summed E-state index contributed by atoms with van der Waals surface area (Å²) in [5.74, 6) is -1.96. The molecule has 1 saturated heterocycles. The quantitative estimate of drug-likeness (QED) is 0.267. The number of rotatable bonds is 5. The van der Waals surface area contributed by atoms with Gasteiger partial charge in [-0.05, 0) is 56.7 Å². The second kappa shape index (κ2) is 10.8. The zero-order chi connectivity index (χ0) is 31.4. The summed E-state index contributed by atoms with van der Waals surface area (Å²) in [5, 5.41) is -0.359. The molecule has 2 N–H and O–H groups in total. The van der Waals surface area contributed by atoms with Crippen LogP contribution in [0.2, 0.25) is 0 Å². The van der Waals surface area contributed by atoms with Gasteiger partial charge in [-0.2, -0.15) is 4.98 Å². The molecule has 43 heavy (non-hydrogen) atoms. The van der Waals surface area contributed by atoms with Crippen molar-refractivity contribution < 1.29 is 22.0 Å². The maximum Gasteiger partial charge on any atom is 0.355 e. The highest BCUT2D eigenvalue weighted by Crippen LogP contribution is 2.36. The van der Waals surface area contributed by atoms with Gasteiger partial charge in [-0.15, -0.1) is 0 Å². The second-order valence-corrected chi connectivity index (χ2v) is 12.5. The van der Waals surface area contributed by atoms with Crippen LogP contribution >= 0.6 is 0 Å². The third-order valence-electron chi connectivity index (χ3n) is 7.40. The van der Waals surface area contributed by atoms with Crippen LogP contribution in [0.4, 0.5) is 20.3 Å². The van der Waals surface area contributed by atoms with Crippen LogP contribution in [0.5, 0.6) is 0 Å². The number of pyridine rings is 2. The fourth-order valence-corrected chi connectivity index (χ4v) is 6.44. The molecule has 0 unspecified atom stereocenters. The van der Waals surface area contributed by atoms with Gasteiger partial charge in [0.2, 0.25) is 5.91 Å². The van der Waals surface area contributed by atoms with Crippen LogP contribution < -0.4 is 16.3 Å². The number of aromatic nitrogens is 4. The summed E-state index contributed by atoms with van der Waals surface area (Å²) in [6.45, 7) is 9.30. The van der Waals surface area contributed by atoms with Crippen molar-refractivity contribution in [1.29, 1.82) is 0 Å². The Kier molecular flexibility index (Phi) is 7.50. The lowest BCUT2D eigenvalue weighted by atomic mass is 10.0. The van der Waals surface area contributed by atoms with Crippen molar-refractivity contribution in [1.82, 2.24) is 24.4 Å². The minimum atomic E-state index is -3.97. The largest absolute Gasteiger partial charge is 0.398 e. The normalized spacial score (nSPS) is 17.3. The summed E-state index contributed by atoms with van der Waals surface area (Å²) in [6, 6.07) is 5.68. The Labute approximate surface area is 246 Å². The number of carbonyl (C=O) groups is 1. The smallest absolute Gasteiger partial charge is 0.355 e. The average Bonchev–Trinajstić information content (AvgIpc) is 2.92. The first-order valence-corrected chi connectivity index (χ1v) is 15.2. The van der Waals surface area contributed by atoms with Crippen molar-refractivity contribution in [3.63, 3.8) is 0 Å². The molecule has 224 valence electrons. The molecule has 11 nitrogen and oxygen atoms in total. The molecule has 1 aliphatic rings. The molecule has 0 aliphatic carbocycles. The number of amides is 1. The Morgan fingerprint density at radius 1 is 1.12 bits per heavy atom. The van der Waals surface area contributed by atoms with Crippen molar-refractivity contribution >= 4 is 38.3 Å². The van der Waals surface area contributed by atoms with E-state index in [1.165, 1.54) is 30.5 Å². The van der Waals surface area contributed by atoms with Crippen molar-refractivity contribution in [2.24, 2.45) is 0 Å². The SMILES string of the molecule is C=CC(=O)N1C[C@H](C)N(c2nc(=O)n(-c3c(C)ccnc3S(C)(=O)=O)c3nc(-c4c(N)cccc4F)c(F)cc23)[C@@H](C)C1. The number of hydrogen-bond acceptors (Lipinski definition) is 9. The second-order valence-electron chi connectivity index (χ2n) is 10.6. The number of nitrogens with two attached hydrogens (primary N) is 1. The lowest BCUT2D eigenvalue weighted by Gasteiger charge is -2.45. The van der Waals surface area contributed by atoms with Gasteiger partial charge < -0.3 is 15.5 Å². The highest BCUT2D eigenvalue weighted by Gasteiger charge is 2.35. The monoisotopic (exact) mass is 609 g/mol. The molecule has 14 heteroatoms. The van der Waals surface area contributed by atoms with E-state index in [0.717, 1.165) is 23.0 Å². The van der Waals surface area contributed by atoms with Crippen LogP contribution in [0.25, 0.3) is 28.0 Å². The topological polar surface area (TPSA) is 144 Å². The molecular weight excluding hydrogens is 580 g/mol. The summed E-state index contributed by atoms with van der Waals surface area (Å²) in [6.07, 6.45) is 3.45. The Bertz CT molecular complexity index is 1950. The standard InChI is InChI=1S/C29H29F2N7O4S/c1-6-22(39)36-13-16(3)37(17(4)14-36)27-18-12-20(31)24(23-19(30)8-7-9-21(23)32)34-26(18)38(29(40)35-27)25-15(2)10-11-33-28(25)43(5,41)42/h6-12,16-17H,1,13-14,32H2,2-5H3/t16-,17-/m0/s1. The molecule has 5 rings (SSSR count). The van der Waals surface area contributed by atoms with Gasteiger partial charge >= 0.3 is 5.69 Å². The average molecular weight is 610 g/mol. The van der Waals surface area contributed by atoms with Crippen LogP contribution in [0.3, 0.4) is 0 Å². The molecule has 1 fully saturated rings. The summed E-state index contributed by atoms with van der Waals surface area (Å²) in [7, 11) is -3.97. The number of carbonyl (C=O) groups excluding carboxylic acids is 1. The third kappa shape index (κ3) is 5.11. The predicted molar refractivity (Wildman–Crippen MR) is 159 cm³/mol. The first-order valence-electron chi connectivity index (χ1n) is 13.3. The molecule has 1 amide bonds. The number of hydrogen-bond donors (Lipinski definition) is 1. The first-order chi connectivity index (χ1) is 20.2. The van der Waals surface area contributed by atoms with Gasteiger partial charge in [-0.25, -0.2) is 36.5 Å². The van der Waals surface area contributed by atoms with Crippen LogP contribution in [-0.4, -0.2) is 70.2 Å². The number of benzene rings is 1. The number of anilines is 2. The number of halogens is 2. The van der Waals surface area contributed by atoms with Gasteiger partial charge in [0.1, 0.15) is 17.3 Å². The van der Waals surface area contributed by atoms with Gasteiger partial charge in [-0.1, -0.05) is 12.6 Å². The summed E-state index contributed by atoms with van der Waals surface area (Å²) in [5.41, 5.74) is 4.27. The molecule has 1 aliphatic heterocycles. The van der Waals surface area contributed by atoms with Gasteiger partial charge in [0.05, 0.1) is 16.6 Å². The third-order valence-corrected chi connectivity index (χ3v) is 8.40. The molecule has 4 aromatic rings. The van der Waals surface area contributed by atoms with E-state index in [2.05, 4.69) is 21.5 Å². The number of sulfone groups is 1. The highest BCUT2D eigenvalue weighted by atomic mass is 32.2. The molecular formula is C29H29F2N7O4S. The fraction of sp³-hybridized carbons (Fsp3) is 0.276. The molecule has 1 aromatic carbocycles. The zero-order valence-electron chi connectivity index (χ0n) is 23.9. The Balaban J connectivity index is 1.89. The van der Waals surface area contributed by atoms with E-state index in [4.69, 9.17) is 5.73 Å². The van der Waals surface area contributed by atoms with Crippen LogP contribution in [-0.2, 0) is 14.6 Å². The van der Waals surface area contributed by atoms with E-state index >= 15 is 8.78 Å². The van der Waals surface area contributed by atoms with Crippen molar-refractivity contribution in [3.8, 4) is 16.9 Å². The molecule has 3 aromatic heterocycles. The van der Waals surface area contributed by atoms with Gasteiger partial charge in [0.15, 0.2) is 26.3 Å². The van der Waals surface area contributed by atoms with Crippen LogP contribution in [0, 0.1) is 18.6 Å². The maximum absolute atomic E-state index is 15.9. The van der Waals surface area contributed by atoms with Gasteiger partial charge in [-0.3, -0.25) is 4.79 Å². The highest BCUT2D eigenvalue weighted by molar-refractivity contribution is 7.90. The molecule has 0 saturated carbocycles. The lowest BCUT2D eigenvalue weighted by molar-refractivity contribution is -0.127. The summed E-state index contributed by atoms with van der Waals surface area (Å²) < 4.78 is 57.4. The molecule has 0 spiro atoms. The zero-order valence-corrected chi connectivity index (χ0v) is 24.7. The van der Waals surface area contributed by atoms with E-state index in [-0.39, 0.29) is 64.9 Å². The van der Waals surface area contributed by atoms with Crippen molar-refractivity contribution in [2.45, 2.75) is 37.9 Å². The maximum atomic E-state index is 15.9. The molecule has 4 heterocycles. The number of aryl methyl sites for hydroxylation is 1. The van der Waals surface area contributed by atoms with Crippen molar-refractivity contribution in [3.05, 3.63) is 76.9 Å². The summed E-state index contributed by atoms with van der Waals surface area (Å²) in [4.78, 5) is 42.4. The Morgan fingerprint density at radius 3 is 2.40 bits per heavy atom. The minimum absolute atomic E-state index is 0.0562. The van der Waals surface area contributed by atoms with Gasteiger partial charge in [0.25, 0.3) is 0 Å². The minimum Gasteiger partial charge on any atom is -0.398 e. The van der Waals surface area contributed by atoms with E-state index in [0.29, 0.717) is 5.56 Å². The number of nitrogens with zero attached hydrogens (tertiary/aromatic N) is 6. The summed E-state index contributed by atoms with van der Waals surface area (Å²) >= 11 is 0. The van der Waals surface area contributed by atoms with E-state index in [1.54, 1.807) is 16.7 Å². The van der Waals surface area contributed by atoms with E-state index in [9.17, 15) is 18.0 Å². The van der Waals surface area contributed by atoms with E-state index < -0.39 is 37.9 Å². The van der Waals surface area contributed by atoms with Crippen LogP contribution in [0.15, 0.2) is 59.0 Å². The first kappa shape index (κ1) is 29.8. The molecule has 2 atom stereocenters. The lowest BCUT2D eigenvalue weighted by Crippen LogP contribution is -2.58. The number of fused-ring (bicyclic) bond motifs is 1. The number of piperazine rings is 1. The molecule has 0 radical (unpaired) electrons. The fourth-order valence-electron chi connectivity index (χ4n) is 5.59. The van der Waals surface area contributed by atoms with Crippen molar-refractivity contribution in [2.75, 3.05) is 30.0 Å². The Hall–Kier alpha value is -4.72. The molecule has 0 bridgehead atoms. The Morgan fingerprint density at radius 2 is 1.79 bits per heavy atom. The van der Waals surface area contributed by atoms with E-state index in [1.807, 2.05) is 13.8 Å². The number of nitrogen functional groups attached to an aromatic ring is 1. The van der Waals surface area contributed by atoms with Crippen LogP contribution in [0.1, 0.15) is 19.4 Å². The van der Waals surface area contributed by atoms with Gasteiger partial charge in [0, 0.05) is 43.3 Å².